The number of nitrogens with zero attached hydrogens (tertiary/aromatic N) is 3. The van der Waals surface area contributed by atoms with E-state index in [-0.39, 0.29) is 24.3 Å². The Balaban J connectivity index is 1.64. The molecule has 0 aliphatic carbocycles. The number of hydrogen-bond acceptors (Lipinski definition) is 6. The first kappa shape index (κ1) is 21.9. The summed E-state index contributed by atoms with van der Waals surface area (Å²) in [4.78, 5) is 42.0. The molecule has 2 aromatic carbocycles. The van der Waals surface area contributed by atoms with E-state index in [4.69, 9.17) is 4.74 Å². The van der Waals surface area contributed by atoms with Gasteiger partial charge >= 0.3 is 5.97 Å². The predicted molar refractivity (Wildman–Crippen MR) is 124 cm³/mol. The van der Waals surface area contributed by atoms with Gasteiger partial charge in [-0.2, -0.15) is 5.10 Å². The zero-order valence-electron chi connectivity index (χ0n) is 18.0. The van der Waals surface area contributed by atoms with E-state index in [0.29, 0.717) is 23.2 Å². The number of amides is 1. The standard InChI is InChI=1S/C25H22N4O4/c1-2-33-25(32)20-9-5-6-10-21(20)27-23(30)16-29-24(31)19-8-4-3-7-18(19)22(28-29)15-17-11-13-26-14-12-17/h3-14H,2,15-16H2,1H3,(H,27,30). The van der Waals surface area contributed by atoms with E-state index in [1.54, 1.807) is 55.7 Å². The fraction of sp³-hybridized carbons (Fsp3) is 0.160. The molecule has 2 aromatic heterocycles. The first-order valence-corrected chi connectivity index (χ1v) is 10.5. The molecule has 0 radical (unpaired) electrons. The molecule has 0 aliphatic rings. The van der Waals surface area contributed by atoms with E-state index < -0.39 is 11.9 Å². The van der Waals surface area contributed by atoms with Gasteiger partial charge in [0.15, 0.2) is 0 Å². The number of carbonyl (C=O) groups excluding carboxylic acids is 2. The summed E-state index contributed by atoms with van der Waals surface area (Å²) in [6.45, 7) is 1.63. The molecule has 0 bridgehead atoms. The normalized spacial score (nSPS) is 10.7. The number of aromatic nitrogens is 3. The molecule has 0 fully saturated rings. The molecule has 0 spiro atoms. The van der Waals surface area contributed by atoms with Crippen molar-refractivity contribution >= 4 is 28.3 Å². The molecular weight excluding hydrogens is 420 g/mol. The summed E-state index contributed by atoms with van der Waals surface area (Å²) in [7, 11) is 0. The number of anilines is 1. The third-order valence-electron chi connectivity index (χ3n) is 5.06. The van der Waals surface area contributed by atoms with Crippen molar-refractivity contribution in [2.24, 2.45) is 0 Å². The lowest BCUT2D eigenvalue weighted by Gasteiger charge is -2.13. The van der Waals surface area contributed by atoms with Crippen molar-refractivity contribution in [3.8, 4) is 0 Å². The maximum absolute atomic E-state index is 13.0. The Morgan fingerprint density at radius 1 is 0.970 bits per heavy atom. The summed E-state index contributed by atoms with van der Waals surface area (Å²) in [5.74, 6) is -1.01. The van der Waals surface area contributed by atoms with E-state index >= 15 is 0 Å². The highest BCUT2D eigenvalue weighted by Gasteiger charge is 2.16. The SMILES string of the molecule is CCOC(=O)c1ccccc1NC(=O)Cn1nc(Cc2ccncc2)c2ccccc2c1=O. The predicted octanol–water partition coefficient (Wildman–Crippen LogP) is 3.20. The first-order valence-electron chi connectivity index (χ1n) is 10.5. The van der Waals surface area contributed by atoms with Crippen molar-refractivity contribution in [3.63, 3.8) is 0 Å². The lowest BCUT2D eigenvalue weighted by molar-refractivity contribution is -0.117. The van der Waals surface area contributed by atoms with E-state index in [0.717, 1.165) is 15.6 Å². The number of para-hydroxylation sites is 1. The summed E-state index contributed by atoms with van der Waals surface area (Å²) in [5, 5.41) is 8.41. The first-order chi connectivity index (χ1) is 16.1. The zero-order valence-corrected chi connectivity index (χ0v) is 18.0. The lowest BCUT2D eigenvalue weighted by atomic mass is 10.1. The highest BCUT2D eigenvalue weighted by molar-refractivity contribution is 6.01. The molecule has 0 saturated carbocycles. The Labute approximate surface area is 189 Å². The van der Waals surface area contributed by atoms with Crippen molar-refractivity contribution < 1.29 is 14.3 Å². The Kier molecular flexibility index (Phi) is 6.54. The molecule has 4 aromatic rings. The quantitative estimate of drug-likeness (QED) is 0.441. The van der Waals surface area contributed by atoms with Crippen LogP contribution in [-0.4, -0.2) is 33.2 Å². The maximum Gasteiger partial charge on any atom is 0.340 e. The number of esters is 1. The van der Waals surface area contributed by atoms with E-state index in [9.17, 15) is 14.4 Å². The summed E-state index contributed by atoms with van der Waals surface area (Å²) in [6, 6.07) is 17.5. The van der Waals surface area contributed by atoms with Gasteiger partial charge in [-0.25, -0.2) is 9.48 Å². The van der Waals surface area contributed by atoms with Crippen molar-refractivity contribution in [1.29, 1.82) is 0 Å². The minimum Gasteiger partial charge on any atom is -0.462 e. The average Bonchev–Trinajstić information content (AvgIpc) is 2.83. The van der Waals surface area contributed by atoms with Gasteiger partial charge < -0.3 is 10.1 Å². The van der Waals surface area contributed by atoms with Gasteiger partial charge in [-0.1, -0.05) is 30.3 Å². The second kappa shape index (κ2) is 9.86. The van der Waals surface area contributed by atoms with Crippen molar-refractivity contribution in [2.75, 3.05) is 11.9 Å². The summed E-state index contributed by atoms with van der Waals surface area (Å²) < 4.78 is 6.20. The lowest BCUT2D eigenvalue weighted by Crippen LogP contribution is -2.31. The molecule has 4 rings (SSSR count). The minimum absolute atomic E-state index is 0.220. The number of rotatable bonds is 7. The van der Waals surface area contributed by atoms with Crippen LogP contribution >= 0.6 is 0 Å². The van der Waals surface area contributed by atoms with Gasteiger partial charge in [0.25, 0.3) is 5.56 Å². The largest absolute Gasteiger partial charge is 0.462 e. The number of nitrogens with one attached hydrogen (secondary N) is 1. The van der Waals surface area contributed by atoms with Crippen LogP contribution in [0.3, 0.4) is 0 Å². The summed E-state index contributed by atoms with van der Waals surface area (Å²) in [6.07, 6.45) is 3.88. The fourth-order valence-electron chi connectivity index (χ4n) is 3.54. The van der Waals surface area contributed by atoms with Crippen LogP contribution in [0.15, 0.2) is 77.9 Å². The summed E-state index contributed by atoms with van der Waals surface area (Å²) >= 11 is 0. The Morgan fingerprint density at radius 2 is 1.67 bits per heavy atom. The van der Waals surface area contributed by atoms with Crippen LogP contribution in [0.25, 0.3) is 10.8 Å². The third-order valence-corrected chi connectivity index (χ3v) is 5.06. The molecule has 33 heavy (non-hydrogen) atoms. The van der Waals surface area contributed by atoms with Crippen molar-refractivity contribution in [1.82, 2.24) is 14.8 Å². The molecular formula is C25H22N4O4. The van der Waals surface area contributed by atoms with Crippen molar-refractivity contribution in [3.05, 3.63) is 100 Å². The van der Waals surface area contributed by atoms with Gasteiger partial charge in [0.1, 0.15) is 6.54 Å². The molecule has 1 N–H and O–H groups in total. The van der Waals surface area contributed by atoms with Crippen molar-refractivity contribution in [2.45, 2.75) is 19.9 Å². The number of carbonyl (C=O) groups is 2. The Morgan fingerprint density at radius 3 is 2.42 bits per heavy atom. The monoisotopic (exact) mass is 442 g/mol. The average molecular weight is 442 g/mol. The highest BCUT2D eigenvalue weighted by Crippen LogP contribution is 2.18. The molecule has 2 heterocycles. The zero-order chi connectivity index (χ0) is 23.2. The van der Waals surface area contributed by atoms with Crippen LogP contribution in [0.5, 0.6) is 0 Å². The topological polar surface area (TPSA) is 103 Å². The number of fused-ring (bicyclic) bond motifs is 1. The third kappa shape index (κ3) is 4.95. The molecule has 0 atom stereocenters. The Hall–Kier alpha value is -4.33. The van der Waals surface area contributed by atoms with Crippen LogP contribution in [0.4, 0.5) is 5.69 Å². The van der Waals surface area contributed by atoms with Gasteiger partial charge in [-0.3, -0.25) is 14.6 Å². The maximum atomic E-state index is 13.0. The summed E-state index contributed by atoms with van der Waals surface area (Å²) in [5.41, 5.74) is 1.85. The van der Waals surface area contributed by atoms with E-state index in [1.807, 2.05) is 24.3 Å². The molecule has 8 nitrogen and oxygen atoms in total. The van der Waals surface area contributed by atoms with Gasteiger partial charge in [0.2, 0.25) is 5.91 Å². The van der Waals surface area contributed by atoms with Crippen LogP contribution < -0.4 is 10.9 Å². The highest BCUT2D eigenvalue weighted by atomic mass is 16.5. The van der Waals surface area contributed by atoms with E-state index in [1.165, 1.54) is 0 Å². The second-order valence-electron chi connectivity index (χ2n) is 7.30. The van der Waals surface area contributed by atoms with Crippen LogP contribution in [0.2, 0.25) is 0 Å². The van der Waals surface area contributed by atoms with Gasteiger partial charge in [-0.15, -0.1) is 0 Å². The van der Waals surface area contributed by atoms with Crippen LogP contribution in [0, 0.1) is 0 Å². The second-order valence-corrected chi connectivity index (χ2v) is 7.30. The molecule has 8 heteroatoms. The molecule has 1 amide bonds. The smallest absolute Gasteiger partial charge is 0.340 e. The molecule has 166 valence electrons. The van der Waals surface area contributed by atoms with Gasteiger partial charge in [0.05, 0.1) is 28.9 Å². The van der Waals surface area contributed by atoms with E-state index in [2.05, 4.69) is 15.4 Å². The molecule has 0 saturated heterocycles. The number of hydrogen-bond donors (Lipinski definition) is 1. The fourth-order valence-corrected chi connectivity index (χ4v) is 3.54. The number of pyridine rings is 1. The number of ether oxygens (including phenoxy) is 1. The van der Waals surface area contributed by atoms with Crippen LogP contribution in [0.1, 0.15) is 28.5 Å². The molecule has 0 unspecified atom stereocenters. The van der Waals surface area contributed by atoms with Gasteiger partial charge in [-0.05, 0) is 42.8 Å². The van der Waals surface area contributed by atoms with Crippen LogP contribution in [-0.2, 0) is 22.5 Å². The number of benzene rings is 2. The van der Waals surface area contributed by atoms with Gasteiger partial charge in [0, 0.05) is 24.2 Å². The Bertz CT molecular complexity index is 1370. The minimum atomic E-state index is -0.533. The molecule has 0 aliphatic heterocycles.